The standard InChI is InChI=1S/C22H26ClN3O2S2/c1-15-12-16(2)21-18(13-15)30-22(24-21)26(7-3-6-25-8-10-28-11-9-25)20(27)14-17-4-5-19(23)29-17/h4-5,12-13H,3,6-11,14H2,1-2H3. The molecule has 4 rings (SSSR count). The van der Waals surface area contributed by atoms with Gasteiger partial charge in [0.2, 0.25) is 5.91 Å². The minimum atomic E-state index is 0.0731. The molecule has 3 aromatic rings. The third-order valence-corrected chi connectivity index (χ3v) is 7.52. The van der Waals surface area contributed by atoms with Gasteiger partial charge in [-0.15, -0.1) is 11.3 Å². The fourth-order valence-electron chi connectivity index (χ4n) is 3.77. The Morgan fingerprint density at radius 1 is 1.23 bits per heavy atom. The van der Waals surface area contributed by atoms with Crippen LogP contribution in [0.1, 0.15) is 22.4 Å². The number of hydrogen-bond donors (Lipinski definition) is 0. The second-order valence-electron chi connectivity index (χ2n) is 7.66. The molecule has 160 valence electrons. The van der Waals surface area contributed by atoms with Gasteiger partial charge in [0.25, 0.3) is 0 Å². The Bertz CT molecular complexity index is 1030. The van der Waals surface area contributed by atoms with Gasteiger partial charge in [-0.2, -0.15) is 0 Å². The van der Waals surface area contributed by atoms with Crippen molar-refractivity contribution in [1.29, 1.82) is 0 Å². The molecular weight excluding hydrogens is 438 g/mol. The van der Waals surface area contributed by atoms with Crippen LogP contribution in [0.4, 0.5) is 5.13 Å². The number of aromatic nitrogens is 1. The number of carbonyl (C=O) groups excluding carboxylic acids is 1. The molecule has 0 spiro atoms. The predicted octanol–water partition coefficient (Wildman–Crippen LogP) is 4.93. The maximum absolute atomic E-state index is 13.3. The number of thiophene rings is 1. The van der Waals surface area contributed by atoms with E-state index in [1.54, 1.807) is 11.3 Å². The third-order valence-electron chi connectivity index (χ3n) is 5.26. The van der Waals surface area contributed by atoms with E-state index in [0.717, 1.165) is 65.1 Å². The maximum Gasteiger partial charge on any atom is 0.234 e. The number of rotatable bonds is 7. The third kappa shape index (κ3) is 5.21. The fourth-order valence-corrected chi connectivity index (χ4v) is 6.03. The van der Waals surface area contributed by atoms with E-state index in [-0.39, 0.29) is 5.91 Å². The van der Waals surface area contributed by atoms with Crippen molar-refractivity contribution in [2.24, 2.45) is 0 Å². The molecule has 1 aliphatic heterocycles. The number of carbonyl (C=O) groups is 1. The van der Waals surface area contributed by atoms with Gasteiger partial charge in [0.1, 0.15) is 0 Å². The Morgan fingerprint density at radius 3 is 2.77 bits per heavy atom. The van der Waals surface area contributed by atoms with E-state index in [4.69, 9.17) is 21.3 Å². The van der Waals surface area contributed by atoms with Crippen LogP contribution in [0, 0.1) is 13.8 Å². The van der Waals surface area contributed by atoms with Crippen molar-refractivity contribution in [2.75, 3.05) is 44.3 Å². The highest BCUT2D eigenvalue weighted by Gasteiger charge is 2.22. The lowest BCUT2D eigenvalue weighted by atomic mass is 10.1. The van der Waals surface area contributed by atoms with Crippen LogP contribution in [0.5, 0.6) is 0 Å². The predicted molar refractivity (Wildman–Crippen MR) is 126 cm³/mol. The summed E-state index contributed by atoms with van der Waals surface area (Å²) in [6.07, 6.45) is 1.26. The van der Waals surface area contributed by atoms with Gasteiger partial charge in [-0.05, 0) is 49.6 Å². The van der Waals surface area contributed by atoms with Gasteiger partial charge in [0.15, 0.2) is 5.13 Å². The van der Waals surface area contributed by atoms with Crippen LogP contribution in [-0.2, 0) is 16.0 Å². The molecule has 3 heterocycles. The first-order valence-corrected chi connectivity index (χ1v) is 12.2. The number of hydrogen-bond acceptors (Lipinski definition) is 6. The molecule has 0 N–H and O–H groups in total. The summed E-state index contributed by atoms with van der Waals surface area (Å²) >= 11 is 9.13. The summed E-state index contributed by atoms with van der Waals surface area (Å²) in [5, 5.41) is 0.785. The summed E-state index contributed by atoms with van der Waals surface area (Å²) in [6.45, 7) is 9.29. The largest absolute Gasteiger partial charge is 0.379 e. The second-order valence-corrected chi connectivity index (χ2v) is 10.5. The highest BCUT2D eigenvalue weighted by molar-refractivity contribution is 7.22. The molecule has 0 bridgehead atoms. The minimum absolute atomic E-state index is 0.0731. The molecule has 1 aromatic carbocycles. The molecule has 1 saturated heterocycles. The number of benzene rings is 1. The van der Waals surface area contributed by atoms with E-state index < -0.39 is 0 Å². The van der Waals surface area contributed by atoms with Crippen molar-refractivity contribution in [3.05, 3.63) is 44.6 Å². The van der Waals surface area contributed by atoms with E-state index in [1.165, 1.54) is 16.9 Å². The van der Waals surface area contributed by atoms with Crippen molar-refractivity contribution in [1.82, 2.24) is 9.88 Å². The smallest absolute Gasteiger partial charge is 0.234 e. The zero-order chi connectivity index (χ0) is 21.1. The monoisotopic (exact) mass is 463 g/mol. The summed E-state index contributed by atoms with van der Waals surface area (Å²) < 4.78 is 7.28. The van der Waals surface area contributed by atoms with Gasteiger partial charge >= 0.3 is 0 Å². The molecule has 2 aromatic heterocycles. The van der Waals surface area contributed by atoms with Gasteiger partial charge < -0.3 is 4.74 Å². The summed E-state index contributed by atoms with van der Waals surface area (Å²) in [4.78, 5) is 23.4. The Labute approximate surface area is 190 Å². The second kappa shape index (κ2) is 9.75. The molecule has 8 heteroatoms. The SMILES string of the molecule is Cc1cc(C)c2nc(N(CCCN3CCOCC3)C(=O)Cc3ccc(Cl)s3)sc2c1. The van der Waals surface area contributed by atoms with Gasteiger partial charge in [-0.3, -0.25) is 14.6 Å². The average Bonchev–Trinajstić information content (AvgIpc) is 3.32. The lowest BCUT2D eigenvalue weighted by Crippen LogP contribution is -2.39. The molecule has 30 heavy (non-hydrogen) atoms. The van der Waals surface area contributed by atoms with Crippen LogP contribution in [-0.4, -0.2) is 55.2 Å². The van der Waals surface area contributed by atoms with E-state index in [2.05, 4.69) is 30.9 Å². The van der Waals surface area contributed by atoms with Crippen LogP contribution in [0.15, 0.2) is 24.3 Å². The number of morpholine rings is 1. The average molecular weight is 464 g/mol. The molecule has 5 nitrogen and oxygen atoms in total. The lowest BCUT2D eigenvalue weighted by Gasteiger charge is -2.27. The topological polar surface area (TPSA) is 45.7 Å². The van der Waals surface area contributed by atoms with Crippen LogP contribution < -0.4 is 4.90 Å². The first kappa shape index (κ1) is 21.7. The molecule has 0 saturated carbocycles. The summed E-state index contributed by atoms with van der Waals surface area (Å²) in [7, 11) is 0. The Balaban J connectivity index is 1.54. The number of anilines is 1. The first-order valence-electron chi connectivity index (χ1n) is 10.2. The molecule has 0 radical (unpaired) electrons. The normalized spacial score (nSPS) is 15.0. The molecule has 0 atom stereocenters. The van der Waals surface area contributed by atoms with Crippen LogP contribution in [0.3, 0.4) is 0 Å². The highest BCUT2D eigenvalue weighted by atomic mass is 35.5. The highest BCUT2D eigenvalue weighted by Crippen LogP contribution is 2.32. The zero-order valence-electron chi connectivity index (χ0n) is 17.3. The van der Waals surface area contributed by atoms with Crippen LogP contribution in [0.2, 0.25) is 4.34 Å². The summed E-state index contributed by atoms with van der Waals surface area (Å²) in [5.74, 6) is 0.0731. The molecular formula is C22H26ClN3O2S2. The minimum Gasteiger partial charge on any atom is -0.379 e. The molecule has 1 aliphatic rings. The number of fused-ring (bicyclic) bond motifs is 1. The molecule has 0 aliphatic carbocycles. The van der Waals surface area contributed by atoms with Gasteiger partial charge in [0.05, 0.1) is 34.2 Å². The number of thiazole rings is 1. The molecule has 1 amide bonds. The zero-order valence-corrected chi connectivity index (χ0v) is 19.7. The summed E-state index contributed by atoms with van der Waals surface area (Å²) in [6, 6.07) is 8.08. The van der Waals surface area contributed by atoms with E-state index in [0.29, 0.717) is 17.3 Å². The van der Waals surface area contributed by atoms with Gasteiger partial charge in [-0.1, -0.05) is 29.0 Å². The van der Waals surface area contributed by atoms with Crippen molar-refractivity contribution < 1.29 is 9.53 Å². The number of aryl methyl sites for hydroxylation is 2. The quantitative estimate of drug-likeness (QED) is 0.498. The van der Waals surface area contributed by atoms with Crippen molar-refractivity contribution >= 4 is 55.5 Å². The summed E-state index contributed by atoms with van der Waals surface area (Å²) in [5.41, 5.74) is 3.36. The lowest BCUT2D eigenvalue weighted by molar-refractivity contribution is -0.118. The van der Waals surface area contributed by atoms with Crippen molar-refractivity contribution in [2.45, 2.75) is 26.7 Å². The first-order chi connectivity index (χ1) is 14.5. The van der Waals surface area contributed by atoms with Crippen LogP contribution in [0.25, 0.3) is 10.2 Å². The van der Waals surface area contributed by atoms with Gasteiger partial charge in [-0.25, -0.2) is 4.98 Å². The van der Waals surface area contributed by atoms with Crippen molar-refractivity contribution in [3.8, 4) is 0 Å². The number of halogens is 1. The maximum atomic E-state index is 13.3. The Morgan fingerprint density at radius 2 is 2.03 bits per heavy atom. The number of amides is 1. The van der Waals surface area contributed by atoms with Crippen LogP contribution >= 0.6 is 34.3 Å². The van der Waals surface area contributed by atoms with E-state index in [9.17, 15) is 4.79 Å². The Kier molecular flexibility index (Phi) is 7.05. The molecule has 0 unspecified atom stereocenters. The number of ether oxygens (including phenoxy) is 1. The number of nitrogens with zero attached hydrogens (tertiary/aromatic N) is 3. The van der Waals surface area contributed by atoms with E-state index >= 15 is 0 Å². The Hall–Kier alpha value is -1.51. The van der Waals surface area contributed by atoms with E-state index in [1.807, 2.05) is 17.0 Å². The molecule has 1 fully saturated rings. The fraction of sp³-hybridized carbons (Fsp3) is 0.455. The van der Waals surface area contributed by atoms with Gasteiger partial charge in [0, 0.05) is 31.1 Å². The van der Waals surface area contributed by atoms with Crippen molar-refractivity contribution in [3.63, 3.8) is 0 Å².